The Morgan fingerprint density at radius 2 is 1.62 bits per heavy atom. The number of rotatable bonds is 6. The number of aromatic nitrogens is 2. The molecule has 5 aromatic rings. The minimum Gasteiger partial charge on any atom is -0.497 e. The molecule has 0 fully saturated rings. The second kappa shape index (κ2) is 9.82. The normalized spacial score (nSPS) is 10.8. The molecule has 3 aromatic carbocycles. The number of carbonyl (C=O) groups excluding carboxylic acids is 2. The lowest BCUT2D eigenvalue weighted by Gasteiger charge is -2.09. The number of benzene rings is 3. The highest BCUT2D eigenvalue weighted by molar-refractivity contribution is 6.16. The Kier molecular flexibility index (Phi) is 6.25. The highest BCUT2D eigenvalue weighted by Gasteiger charge is 2.24. The fourth-order valence-corrected chi connectivity index (χ4v) is 3.77. The third-order valence-electron chi connectivity index (χ3n) is 5.71. The van der Waals surface area contributed by atoms with Gasteiger partial charge >= 0.3 is 0 Å². The summed E-state index contributed by atoms with van der Waals surface area (Å²) in [4.78, 5) is 38.9. The average Bonchev–Trinajstić information content (AvgIpc) is 3.28. The summed E-state index contributed by atoms with van der Waals surface area (Å²) in [6.45, 7) is 1.96. The van der Waals surface area contributed by atoms with Crippen molar-refractivity contribution in [1.82, 2.24) is 9.78 Å². The van der Waals surface area contributed by atoms with Gasteiger partial charge in [-0.15, -0.1) is 0 Å². The van der Waals surface area contributed by atoms with Crippen molar-refractivity contribution in [1.29, 1.82) is 0 Å². The predicted molar refractivity (Wildman–Crippen MR) is 140 cm³/mol. The largest absolute Gasteiger partial charge is 0.497 e. The zero-order chi connectivity index (χ0) is 25.9. The maximum absolute atomic E-state index is 13.2. The van der Waals surface area contributed by atoms with Gasteiger partial charge in [0.1, 0.15) is 17.0 Å². The number of ether oxygens (including phenoxy) is 1. The number of carbonyl (C=O) groups is 2. The van der Waals surface area contributed by atoms with Crippen LogP contribution in [0.1, 0.15) is 26.6 Å². The van der Waals surface area contributed by atoms with Gasteiger partial charge in [-0.1, -0.05) is 29.8 Å². The summed E-state index contributed by atoms with van der Waals surface area (Å²) in [6.07, 6.45) is 1.49. The number of methoxy groups -OCH3 is 1. The van der Waals surface area contributed by atoms with Crippen LogP contribution >= 0.6 is 0 Å². The summed E-state index contributed by atoms with van der Waals surface area (Å²) in [5.74, 6) is -0.812. The highest BCUT2D eigenvalue weighted by atomic mass is 16.5. The number of fused-ring (bicyclic) bond motifs is 1. The molecule has 0 spiro atoms. The van der Waals surface area contributed by atoms with Crippen LogP contribution < -0.4 is 20.8 Å². The number of amides is 2. The van der Waals surface area contributed by atoms with E-state index in [0.29, 0.717) is 28.1 Å². The van der Waals surface area contributed by atoms with Crippen LogP contribution in [0.2, 0.25) is 0 Å². The van der Waals surface area contributed by atoms with Crippen LogP contribution in [0.15, 0.2) is 94.3 Å². The van der Waals surface area contributed by atoms with Gasteiger partial charge in [0.25, 0.3) is 11.8 Å². The molecule has 0 bridgehead atoms. The molecule has 37 heavy (non-hydrogen) atoms. The Morgan fingerprint density at radius 1 is 0.892 bits per heavy atom. The Bertz CT molecular complexity index is 1670. The number of hydrogen-bond acceptors (Lipinski definition) is 6. The molecule has 2 heterocycles. The van der Waals surface area contributed by atoms with E-state index in [9.17, 15) is 14.4 Å². The molecule has 5 rings (SSSR count). The summed E-state index contributed by atoms with van der Waals surface area (Å²) in [6, 6.07) is 22.4. The molecule has 0 aliphatic rings. The van der Waals surface area contributed by atoms with Gasteiger partial charge in [0, 0.05) is 23.3 Å². The van der Waals surface area contributed by atoms with Gasteiger partial charge in [0.05, 0.1) is 12.8 Å². The Balaban J connectivity index is 1.48. The number of hydrogen-bond donors (Lipinski definition) is 2. The Hall–Kier alpha value is -5.18. The zero-order valence-electron chi connectivity index (χ0n) is 20.0. The fourth-order valence-electron chi connectivity index (χ4n) is 3.77. The van der Waals surface area contributed by atoms with Crippen molar-refractivity contribution in [2.45, 2.75) is 6.92 Å². The molecule has 0 atom stereocenters. The lowest BCUT2D eigenvalue weighted by atomic mass is 10.2. The van der Waals surface area contributed by atoms with Crippen LogP contribution in [-0.4, -0.2) is 28.7 Å². The third kappa shape index (κ3) is 4.83. The van der Waals surface area contributed by atoms with E-state index in [-0.39, 0.29) is 17.1 Å². The van der Waals surface area contributed by atoms with E-state index in [2.05, 4.69) is 15.7 Å². The number of aryl methyl sites for hydroxylation is 1. The van der Waals surface area contributed by atoms with E-state index >= 15 is 0 Å². The monoisotopic (exact) mass is 494 g/mol. The minimum atomic E-state index is -0.767. The summed E-state index contributed by atoms with van der Waals surface area (Å²) in [5.41, 5.74) is 1.92. The Morgan fingerprint density at radius 3 is 2.35 bits per heavy atom. The molecule has 2 amide bonds. The lowest BCUT2D eigenvalue weighted by molar-refractivity contribution is 0.0999. The van der Waals surface area contributed by atoms with Crippen molar-refractivity contribution in [3.05, 3.63) is 112 Å². The Labute approximate surface area is 211 Å². The first kappa shape index (κ1) is 23.6. The molecule has 9 nitrogen and oxygen atoms in total. The van der Waals surface area contributed by atoms with Gasteiger partial charge in [-0.3, -0.25) is 14.4 Å². The summed E-state index contributed by atoms with van der Waals surface area (Å²) >= 11 is 0. The van der Waals surface area contributed by atoms with Crippen LogP contribution in [0.25, 0.3) is 16.7 Å². The van der Waals surface area contributed by atoms with Gasteiger partial charge in [-0.05, 0) is 55.5 Å². The van der Waals surface area contributed by atoms with Gasteiger partial charge in [-0.25, -0.2) is 4.68 Å². The molecule has 0 unspecified atom stereocenters. The fraction of sp³-hybridized carbons (Fsp3) is 0.0714. The van der Waals surface area contributed by atoms with Crippen molar-refractivity contribution < 1.29 is 18.7 Å². The summed E-state index contributed by atoms with van der Waals surface area (Å²) < 4.78 is 12.4. The lowest BCUT2D eigenvalue weighted by Crippen LogP contribution is -2.26. The van der Waals surface area contributed by atoms with Gasteiger partial charge in [-0.2, -0.15) is 5.10 Å². The molecule has 0 aliphatic carbocycles. The minimum absolute atomic E-state index is 0.111. The SMILES string of the molecule is COc1ccc(NC(=O)c2oc3ccccc3c2NC(=O)c2nn(-c3ccc(C)cc3)ccc2=O)cc1. The number of anilines is 2. The van der Waals surface area contributed by atoms with Crippen molar-refractivity contribution in [2.75, 3.05) is 17.7 Å². The zero-order valence-corrected chi connectivity index (χ0v) is 20.0. The first-order chi connectivity index (χ1) is 17.9. The average molecular weight is 495 g/mol. The first-order valence-electron chi connectivity index (χ1n) is 11.4. The number of nitrogens with zero attached hydrogens (tertiary/aromatic N) is 2. The van der Waals surface area contributed by atoms with E-state index in [1.54, 1.807) is 55.6 Å². The maximum Gasteiger partial charge on any atom is 0.293 e. The third-order valence-corrected chi connectivity index (χ3v) is 5.71. The number of furan rings is 1. The molecule has 0 radical (unpaired) electrons. The highest BCUT2D eigenvalue weighted by Crippen LogP contribution is 2.32. The molecule has 0 saturated carbocycles. The number of para-hydroxylation sites is 1. The van der Waals surface area contributed by atoms with Crippen molar-refractivity contribution in [3.8, 4) is 11.4 Å². The first-order valence-corrected chi connectivity index (χ1v) is 11.4. The van der Waals surface area contributed by atoms with Gasteiger partial charge < -0.3 is 19.8 Å². The topological polar surface area (TPSA) is 115 Å². The molecule has 9 heteroatoms. The van der Waals surface area contributed by atoms with E-state index in [0.717, 1.165) is 5.56 Å². The summed E-state index contributed by atoms with van der Waals surface area (Å²) in [5, 5.41) is 10.2. The maximum atomic E-state index is 13.2. The summed E-state index contributed by atoms with van der Waals surface area (Å²) in [7, 11) is 1.55. The number of nitrogens with one attached hydrogen (secondary N) is 2. The van der Waals surface area contributed by atoms with Crippen molar-refractivity contribution in [3.63, 3.8) is 0 Å². The van der Waals surface area contributed by atoms with Crippen LogP contribution in [0, 0.1) is 6.92 Å². The smallest absolute Gasteiger partial charge is 0.293 e. The van der Waals surface area contributed by atoms with Crippen LogP contribution in [0.3, 0.4) is 0 Å². The standard InChI is InChI=1S/C28H22N4O5/c1-17-7-11-19(12-8-17)32-16-15-22(33)25(31-32)27(34)30-24-21-5-3-4-6-23(21)37-26(24)28(35)29-18-9-13-20(36-2)14-10-18/h3-16H,1-2H3,(H,29,35)(H,30,34). The molecule has 2 aromatic heterocycles. The van der Waals surface area contributed by atoms with Crippen LogP contribution in [0.4, 0.5) is 11.4 Å². The molecule has 2 N–H and O–H groups in total. The molecule has 184 valence electrons. The van der Waals surface area contributed by atoms with E-state index in [1.165, 1.54) is 16.9 Å². The van der Waals surface area contributed by atoms with Crippen molar-refractivity contribution in [2.24, 2.45) is 0 Å². The second-order valence-electron chi connectivity index (χ2n) is 8.25. The van der Waals surface area contributed by atoms with Gasteiger partial charge in [0.15, 0.2) is 5.69 Å². The molecule has 0 saturated heterocycles. The molecular weight excluding hydrogens is 472 g/mol. The second-order valence-corrected chi connectivity index (χ2v) is 8.25. The molecule has 0 aliphatic heterocycles. The quantitative estimate of drug-likeness (QED) is 0.350. The van der Waals surface area contributed by atoms with E-state index < -0.39 is 17.2 Å². The molecular formula is C28H22N4O5. The van der Waals surface area contributed by atoms with Crippen molar-refractivity contribution >= 4 is 34.2 Å². The van der Waals surface area contributed by atoms with E-state index in [4.69, 9.17) is 9.15 Å². The predicted octanol–water partition coefficient (Wildman–Crippen LogP) is 4.80. The van der Waals surface area contributed by atoms with Gasteiger partial charge in [0.2, 0.25) is 11.2 Å². The van der Waals surface area contributed by atoms with Crippen LogP contribution in [-0.2, 0) is 0 Å². The van der Waals surface area contributed by atoms with Crippen LogP contribution in [0.5, 0.6) is 5.75 Å². The van der Waals surface area contributed by atoms with E-state index in [1.807, 2.05) is 31.2 Å².